The van der Waals surface area contributed by atoms with Gasteiger partial charge in [-0.05, 0) is 37.5 Å². The lowest BCUT2D eigenvalue weighted by atomic mass is 9.89. The zero-order valence-electron chi connectivity index (χ0n) is 16.3. The highest BCUT2D eigenvalue weighted by Gasteiger charge is 2.42. The van der Waals surface area contributed by atoms with Crippen LogP contribution < -0.4 is 15.4 Å². The van der Waals surface area contributed by atoms with Crippen molar-refractivity contribution in [3.63, 3.8) is 0 Å². The Balaban J connectivity index is 1.74. The Hall–Kier alpha value is -2.61. The van der Waals surface area contributed by atoms with Crippen molar-refractivity contribution in [1.82, 2.24) is 15.5 Å². The van der Waals surface area contributed by atoms with Crippen LogP contribution in [0.2, 0.25) is 0 Å². The molecule has 1 aromatic rings. The van der Waals surface area contributed by atoms with E-state index in [1.807, 2.05) is 25.1 Å². The Labute approximate surface area is 164 Å². The van der Waals surface area contributed by atoms with E-state index < -0.39 is 11.6 Å². The Kier molecular flexibility index (Phi) is 6.18. The summed E-state index contributed by atoms with van der Waals surface area (Å²) in [6.45, 7) is 4.71. The van der Waals surface area contributed by atoms with E-state index >= 15 is 0 Å². The maximum absolute atomic E-state index is 12.9. The predicted octanol–water partition coefficient (Wildman–Crippen LogP) is 0.386. The average molecular weight is 389 g/mol. The zero-order chi connectivity index (χ0) is 20.1. The number of hydrogen-bond donors (Lipinski definition) is 2. The molecule has 2 heterocycles. The molecule has 0 saturated carbocycles. The van der Waals surface area contributed by atoms with Crippen LogP contribution in [-0.2, 0) is 19.1 Å². The molecule has 2 aliphatic rings. The summed E-state index contributed by atoms with van der Waals surface area (Å²) in [6, 6.07) is 6.69. The molecule has 1 atom stereocenters. The van der Waals surface area contributed by atoms with Gasteiger partial charge in [-0.25, -0.2) is 0 Å². The van der Waals surface area contributed by atoms with Crippen LogP contribution in [0.5, 0.6) is 5.75 Å². The number of aryl methyl sites for hydroxylation is 1. The van der Waals surface area contributed by atoms with Gasteiger partial charge in [-0.1, -0.05) is 12.1 Å². The summed E-state index contributed by atoms with van der Waals surface area (Å²) in [5.41, 5.74) is 0.503. The molecule has 2 saturated heterocycles. The summed E-state index contributed by atoms with van der Waals surface area (Å²) < 4.78 is 11.1. The smallest absolute Gasteiger partial charge is 0.260 e. The molecule has 0 aliphatic carbocycles. The van der Waals surface area contributed by atoms with Crippen LogP contribution in [0.25, 0.3) is 0 Å². The van der Waals surface area contributed by atoms with Gasteiger partial charge in [0.05, 0.1) is 12.1 Å². The third-order valence-electron chi connectivity index (χ3n) is 5.13. The fourth-order valence-corrected chi connectivity index (χ4v) is 3.65. The Morgan fingerprint density at radius 2 is 2.11 bits per heavy atom. The molecule has 1 spiro atoms. The van der Waals surface area contributed by atoms with Gasteiger partial charge in [0, 0.05) is 26.7 Å². The summed E-state index contributed by atoms with van der Waals surface area (Å²) in [6.07, 6.45) is 1.24. The summed E-state index contributed by atoms with van der Waals surface area (Å²) in [5, 5.41) is 5.69. The van der Waals surface area contributed by atoms with Gasteiger partial charge in [-0.3, -0.25) is 14.4 Å². The normalized spacial score (nSPS) is 21.6. The molecule has 2 aliphatic heterocycles. The van der Waals surface area contributed by atoms with Crippen molar-refractivity contribution >= 4 is 17.7 Å². The lowest BCUT2D eigenvalue weighted by molar-refractivity contribution is -0.135. The second kappa shape index (κ2) is 8.60. The van der Waals surface area contributed by atoms with E-state index in [1.54, 1.807) is 11.0 Å². The van der Waals surface area contributed by atoms with Crippen molar-refractivity contribution in [2.75, 3.05) is 32.9 Å². The third-order valence-corrected chi connectivity index (χ3v) is 5.13. The summed E-state index contributed by atoms with van der Waals surface area (Å²) in [5.74, 6) is -0.186. The predicted molar refractivity (Wildman–Crippen MR) is 102 cm³/mol. The van der Waals surface area contributed by atoms with Crippen molar-refractivity contribution in [2.45, 2.75) is 38.3 Å². The van der Waals surface area contributed by atoms with E-state index in [0.29, 0.717) is 38.3 Å². The van der Waals surface area contributed by atoms with Crippen LogP contribution in [0.3, 0.4) is 0 Å². The number of rotatable bonds is 4. The van der Waals surface area contributed by atoms with E-state index in [9.17, 15) is 14.4 Å². The van der Waals surface area contributed by atoms with E-state index in [-0.39, 0.29) is 30.9 Å². The Morgan fingerprint density at radius 3 is 2.79 bits per heavy atom. The highest BCUT2D eigenvalue weighted by Crippen LogP contribution is 2.25. The van der Waals surface area contributed by atoms with Gasteiger partial charge >= 0.3 is 0 Å². The molecule has 0 aromatic heterocycles. The SMILES string of the molecule is CC(=O)NC1CN(C(=O)COc2cccc(C)c2)CC2(CCOCC2)NC1=O. The molecule has 28 heavy (non-hydrogen) atoms. The van der Waals surface area contributed by atoms with Crippen molar-refractivity contribution < 1.29 is 23.9 Å². The fourth-order valence-electron chi connectivity index (χ4n) is 3.65. The number of carbonyl (C=O) groups excluding carboxylic acids is 3. The molecule has 2 fully saturated rings. The van der Waals surface area contributed by atoms with Crippen LogP contribution in [0.1, 0.15) is 25.3 Å². The van der Waals surface area contributed by atoms with E-state index in [2.05, 4.69) is 10.6 Å². The molecule has 1 aromatic carbocycles. The highest BCUT2D eigenvalue weighted by atomic mass is 16.5. The van der Waals surface area contributed by atoms with E-state index in [0.717, 1.165) is 5.56 Å². The molecule has 0 bridgehead atoms. The third kappa shape index (κ3) is 5.01. The van der Waals surface area contributed by atoms with Crippen LogP contribution in [0, 0.1) is 6.92 Å². The van der Waals surface area contributed by atoms with Crippen LogP contribution in [0.4, 0.5) is 0 Å². The number of ether oxygens (including phenoxy) is 2. The van der Waals surface area contributed by atoms with Crippen LogP contribution >= 0.6 is 0 Å². The molecule has 1 unspecified atom stereocenters. The van der Waals surface area contributed by atoms with Gasteiger partial charge in [0.25, 0.3) is 5.91 Å². The number of nitrogens with one attached hydrogen (secondary N) is 2. The number of nitrogens with zero attached hydrogens (tertiary/aromatic N) is 1. The van der Waals surface area contributed by atoms with Gasteiger partial charge in [0.1, 0.15) is 11.8 Å². The maximum atomic E-state index is 12.9. The van der Waals surface area contributed by atoms with Crippen molar-refractivity contribution in [1.29, 1.82) is 0 Å². The Morgan fingerprint density at radius 1 is 1.36 bits per heavy atom. The van der Waals surface area contributed by atoms with Crippen molar-refractivity contribution in [3.05, 3.63) is 29.8 Å². The van der Waals surface area contributed by atoms with Gasteiger partial charge in [0.15, 0.2) is 6.61 Å². The molecule has 3 amide bonds. The minimum Gasteiger partial charge on any atom is -0.484 e. The van der Waals surface area contributed by atoms with Gasteiger partial charge in [0.2, 0.25) is 11.8 Å². The first-order valence-electron chi connectivity index (χ1n) is 9.51. The molecule has 152 valence electrons. The molecule has 8 heteroatoms. The first-order chi connectivity index (χ1) is 13.4. The quantitative estimate of drug-likeness (QED) is 0.776. The minimum absolute atomic E-state index is 0.115. The first kappa shape index (κ1) is 20.1. The maximum Gasteiger partial charge on any atom is 0.260 e. The average Bonchev–Trinajstić information content (AvgIpc) is 2.77. The Bertz CT molecular complexity index is 745. The summed E-state index contributed by atoms with van der Waals surface area (Å²) in [4.78, 5) is 38.7. The number of carbonyl (C=O) groups is 3. The molecule has 3 rings (SSSR count). The van der Waals surface area contributed by atoms with Gasteiger partial charge in [-0.15, -0.1) is 0 Å². The van der Waals surface area contributed by atoms with Crippen molar-refractivity contribution in [2.24, 2.45) is 0 Å². The number of hydrogen-bond acceptors (Lipinski definition) is 5. The van der Waals surface area contributed by atoms with Crippen LogP contribution in [0.15, 0.2) is 24.3 Å². The summed E-state index contributed by atoms with van der Waals surface area (Å²) in [7, 11) is 0. The van der Waals surface area contributed by atoms with Gasteiger partial charge in [-0.2, -0.15) is 0 Å². The fraction of sp³-hybridized carbons (Fsp3) is 0.550. The second-order valence-corrected chi connectivity index (χ2v) is 7.51. The number of benzene rings is 1. The topological polar surface area (TPSA) is 97.0 Å². The molecule has 0 radical (unpaired) electrons. The lowest BCUT2D eigenvalue weighted by Gasteiger charge is -2.39. The largest absolute Gasteiger partial charge is 0.484 e. The lowest BCUT2D eigenvalue weighted by Crippen LogP contribution is -2.58. The molecule has 8 nitrogen and oxygen atoms in total. The monoisotopic (exact) mass is 389 g/mol. The van der Waals surface area contributed by atoms with Crippen LogP contribution in [-0.4, -0.2) is 67.1 Å². The highest BCUT2D eigenvalue weighted by molar-refractivity contribution is 5.89. The van der Waals surface area contributed by atoms with Gasteiger partial charge < -0.3 is 25.0 Å². The van der Waals surface area contributed by atoms with E-state index in [1.165, 1.54) is 6.92 Å². The standard InChI is InChI=1S/C20H27N3O5/c1-14-4-3-5-16(10-14)28-12-18(25)23-11-17(21-15(2)24)19(26)22-20(13-23)6-8-27-9-7-20/h3-5,10,17H,6-9,11-13H2,1-2H3,(H,21,24)(H,22,26). The van der Waals surface area contributed by atoms with Crippen molar-refractivity contribution in [3.8, 4) is 5.75 Å². The summed E-state index contributed by atoms with van der Waals surface area (Å²) >= 11 is 0. The molecule has 2 N–H and O–H groups in total. The molecular weight excluding hydrogens is 362 g/mol. The number of amides is 3. The molecular formula is C20H27N3O5. The minimum atomic E-state index is -0.789. The first-order valence-corrected chi connectivity index (χ1v) is 9.51. The zero-order valence-corrected chi connectivity index (χ0v) is 16.3. The second-order valence-electron chi connectivity index (χ2n) is 7.51. The van der Waals surface area contributed by atoms with E-state index in [4.69, 9.17) is 9.47 Å².